The van der Waals surface area contributed by atoms with Crippen LogP contribution in [0.5, 0.6) is 0 Å². The van der Waals surface area contributed by atoms with Crippen LogP contribution in [0.3, 0.4) is 0 Å². The highest BCUT2D eigenvalue weighted by Gasteiger charge is 2.20. The van der Waals surface area contributed by atoms with Gasteiger partial charge in [0.2, 0.25) is 0 Å². The summed E-state index contributed by atoms with van der Waals surface area (Å²) in [4.78, 5) is 13.1. The van der Waals surface area contributed by atoms with E-state index in [9.17, 15) is 4.79 Å². The molecule has 0 saturated carbocycles. The lowest BCUT2D eigenvalue weighted by atomic mass is 10.1. The van der Waals surface area contributed by atoms with Crippen LogP contribution in [0.15, 0.2) is 24.3 Å². The van der Waals surface area contributed by atoms with Crippen molar-refractivity contribution in [1.29, 1.82) is 0 Å². The molecule has 0 fully saturated rings. The molecule has 1 aromatic carbocycles. The van der Waals surface area contributed by atoms with E-state index in [0.717, 1.165) is 22.5 Å². The number of aryl methyl sites for hydroxylation is 2. The summed E-state index contributed by atoms with van der Waals surface area (Å²) in [5.41, 5.74) is 3.71. The van der Waals surface area contributed by atoms with Crippen molar-refractivity contribution in [1.82, 2.24) is 0 Å². The fraction of sp³-hybridized carbons (Fsp3) is 0.368. The molecule has 0 unspecified atom stereocenters. The molecule has 0 amide bonds. The molecule has 4 nitrogen and oxygen atoms in total. The average Bonchev–Trinajstić information content (AvgIpc) is 2.87. The molecule has 0 atom stereocenters. The molecule has 0 aliphatic rings. The van der Waals surface area contributed by atoms with E-state index in [2.05, 4.69) is 29.7 Å². The Balaban J connectivity index is 2.05. The molecule has 2 aromatic rings. The molecule has 25 heavy (non-hydrogen) atoms. The number of methoxy groups -OCH3 is 1. The van der Waals surface area contributed by atoms with Crippen molar-refractivity contribution in [3.63, 3.8) is 0 Å². The van der Waals surface area contributed by atoms with Crippen LogP contribution in [0.2, 0.25) is 0 Å². The maximum absolute atomic E-state index is 12.0. The smallest absolute Gasteiger partial charge is 0.341 e. The zero-order chi connectivity index (χ0) is 18.4. The highest BCUT2D eigenvalue weighted by molar-refractivity contribution is 7.80. The zero-order valence-electron chi connectivity index (χ0n) is 15.1. The van der Waals surface area contributed by atoms with Crippen molar-refractivity contribution in [3.05, 3.63) is 45.8 Å². The molecule has 2 N–H and O–H groups in total. The summed E-state index contributed by atoms with van der Waals surface area (Å²) in [7, 11) is 1.38. The van der Waals surface area contributed by atoms with Gasteiger partial charge in [0.1, 0.15) is 5.00 Å². The number of anilines is 2. The maximum Gasteiger partial charge on any atom is 0.341 e. The number of nitrogens with one attached hydrogen (secondary N) is 2. The first-order valence-corrected chi connectivity index (χ1v) is 9.54. The van der Waals surface area contributed by atoms with Crippen molar-refractivity contribution in [3.8, 4) is 0 Å². The summed E-state index contributed by atoms with van der Waals surface area (Å²) >= 11 is 6.88. The van der Waals surface area contributed by atoms with Crippen molar-refractivity contribution < 1.29 is 9.53 Å². The van der Waals surface area contributed by atoms with Crippen LogP contribution in [0, 0.1) is 13.8 Å². The van der Waals surface area contributed by atoms with Crippen LogP contribution in [-0.2, 0) is 11.2 Å². The molecule has 1 heterocycles. The summed E-state index contributed by atoms with van der Waals surface area (Å²) in [5, 5.41) is 7.44. The SMILES string of the molecule is CCCCc1ccc(NC(=S)Nc2sc(C)c(C)c2C(=O)OC)cc1. The number of rotatable bonds is 6. The monoisotopic (exact) mass is 376 g/mol. The Labute approximate surface area is 158 Å². The van der Waals surface area contributed by atoms with E-state index < -0.39 is 0 Å². The molecule has 0 radical (unpaired) electrons. The molecule has 1 aromatic heterocycles. The van der Waals surface area contributed by atoms with Gasteiger partial charge < -0.3 is 15.4 Å². The number of esters is 1. The molecular weight excluding hydrogens is 352 g/mol. The lowest BCUT2D eigenvalue weighted by Crippen LogP contribution is -2.20. The van der Waals surface area contributed by atoms with E-state index in [0.29, 0.717) is 15.7 Å². The van der Waals surface area contributed by atoms with Gasteiger partial charge in [0.05, 0.1) is 12.7 Å². The van der Waals surface area contributed by atoms with E-state index in [1.54, 1.807) is 0 Å². The van der Waals surface area contributed by atoms with Gasteiger partial charge in [-0.3, -0.25) is 0 Å². The van der Waals surface area contributed by atoms with Gasteiger partial charge in [0.25, 0.3) is 0 Å². The van der Waals surface area contributed by atoms with Gasteiger partial charge in [0, 0.05) is 10.6 Å². The molecule has 6 heteroatoms. The third-order valence-corrected chi connectivity index (χ3v) is 5.36. The van der Waals surface area contributed by atoms with Crippen LogP contribution in [0.25, 0.3) is 0 Å². The molecular formula is C19H24N2O2S2. The maximum atomic E-state index is 12.0. The Morgan fingerprint density at radius 3 is 2.48 bits per heavy atom. The minimum absolute atomic E-state index is 0.354. The Morgan fingerprint density at radius 2 is 1.88 bits per heavy atom. The first-order valence-electron chi connectivity index (χ1n) is 8.31. The number of carbonyl (C=O) groups excluding carboxylic acids is 1. The van der Waals surface area contributed by atoms with E-state index in [1.807, 2.05) is 26.0 Å². The van der Waals surface area contributed by atoms with Crippen LogP contribution >= 0.6 is 23.6 Å². The number of carbonyl (C=O) groups is 1. The normalized spacial score (nSPS) is 10.4. The van der Waals surface area contributed by atoms with Crippen molar-refractivity contribution in [2.75, 3.05) is 17.7 Å². The van der Waals surface area contributed by atoms with Gasteiger partial charge in [-0.2, -0.15) is 0 Å². The van der Waals surface area contributed by atoms with Gasteiger partial charge in [-0.15, -0.1) is 11.3 Å². The van der Waals surface area contributed by atoms with E-state index in [-0.39, 0.29) is 5.97 Å². The van der Waals surface area contributed by atoms with Crippen molar-refractivity contribution in [2.24, 2.45) is 0 Å². The predicted octanol–water partition coefficient (Wildman–Crippen LogP) is 5.30. The third-order valence-electron chi connectivity index (χ3n) is 4.03. The number of thiocarbonyl (C=S) groups is 1. The number of ether oxygens (including phenoxy) is 1. The quantitative estimate of drug-likeness (QED) is 0.529. The molecule has 134 valence electrons. The van der Waals surface area contributed by atoms with E-state index in [4.69, 9.17) is 17.0 Å². The highest BCUT2D eigenvalue weighted by Crippen LogP contribution is 2.33. The second kappa shape index (κ2) is 8.97. The first-order chi connectivity index (χ1) is 12.0. The number of benzene rings is 1. The predicted molar refractivity (Wildman–Crippen MR) is 110 cm³/mol. The highest BCUT2D eigenvalue weighted by atomic mass is 32.1. The summed E-state index contributed by atoms with van der Waals surface area (Å²) in [5.74, 6) is -0.354. The van der Waals surface area contributed by atoms with Crippen LogP contribution in [0.1, 0.15) is 46.1 Å². The summed E-state index contributed by atoms with van der Waals surface area (Å²) < 4.78 is 4.88. The van der Waals surface area contributed by atoms with Crippen LogP contribution in [-0.4, -0.2) is 18.2 Å². The summed E-state index contributed by atoms with van der Waals surface area (Å²) in [6.07, 6.45) is 3.48. The Bertz CT molecular complexity index is 752. The Kier molecular flexibility index (Phi) is 6.96. The lowest BCUT2D eigenvalue weighted by Gasteiger charge is -2.11. The molecule has 0 saturated heterocycles. The molecule has 0 bridgehead atoms. The summed E-state index contributed by atoms with van der Waals surface area (Å²) in [6.45, 7) is 6.08. The fourth-order valence-corrected chi connectivity index (χ4v) is 3.80. The van der Waals surface area contributed by atoms with Gasteiger partial charge in [-0.1, -0.05) is 25.5 Å². The van der Waals surface area contributed by atoms with Crippen molar-refractivity contribution >= 4 is 45.3 Å². The van der Waals surface area contributed by atoms with Gasteiger partial charge in [0.15, 0.2) is 5.11 Å². The molecule has 2 rings (SSSR count). The Morgan fingerprint density at radius 1 is 1.20 bits per heavy atom. The number of thiophene rings is 1. The van der Waals surface area contributed by atoms with Crippen LogP contribution in [0.4, 0.5) is 10.7 Å². The zero-order valence-corrected chi connectivity index (χ0v) is 16.7. The van der Waals surface area contributed by atoms with E-state index >= 15 is 0 Å². The number of unbranched alkanes of at least 4 members (excludes halogenated alkanes) is 1. The second-order valence-electron chi connectivity index (χ2n) is 5.86. The standard InChI is InChI=1S/C19H24N2O2S2/c1-5-6-7-14-8-10-15(11-9-14)20-19(24)21-17-16(18(22)23-4)12(2)13(3)25-17/h8-11H,5-7H2,1-4H3,(H2,20,21,24). The van der Waals surface area contributed by atoms with E-state index in [1.165, 1.54) is 36.9 Å². The van der Waals surface area contributed by atoms with Crippen molar-refractivity contribution in [2.45, 2.75) is 40.0 Å². The molecule has 0 spiro atoms. The van der Waals surface area contributed by atoms with Gasteiger partial charge >= 0.3 is 5.97 Å². The second-order valence-corrected chi connectivity index (χ2v) is 7.49. The topological polar surface area (TPSA) is 50.4 Å². The minimum atomic E-state index is -0.354. The fourth-order valence-electron chi connectivity index (χ4n) is 2.46. The first kappa shape index (κ1) is 19.4. The van der Waals surface area contributed by atoms with Gasteiger partial charge in [-0.25, -0.2) is 4.79 Å². The van der Waals surface area contributed by atoms with Gasteiger partial charge in [-0.05, 0) is 62.2 Å². The number of hydrogen-bond acceptors (Lipinski definition) is 4. The molecule has 0 aliphatic carbocycles. The molecule has 0 aliphatic heterocycles. The third kappa shape index (κ3) is 5.03. The summed E-state index contributed by atoms with van der Waals surface area (Å²) in [6, 6.07) is 8.26. The number of hydrogen-bond donors (Lipinski definition) is 2. The largest absolute Gasteiger partial charge is 0.465 e. The minimum Gasteiger partial charge on any atom is -0.465 e. The van der Waals surface area contributed by atoms with Crippen LogP contribution < -0.4 is 10.6 Å². The average molecular weight is 377 g/mol. The lowest BCUT2D eigenvalue weighted by molar-refractivity contribution is 0.0601. The Hall–Kier alpha value is -1.92.